The Labute approximate surface area is 57.2 Å². The standard InChI is InChI=1S/C6H8F2N2/c7-4-1-3(9)2-5(8)6(4)10/h1,3H,2,9-10H2. The van der Waals surface area contributed by atoms with Crippen LogP contribution in [0.5, 0.6) is 0 Å². The molecule has 2 nitrogen and oxygen atoms in total. The molecule has 0 saturated carbocycles. The molecule has 0 bridgehead atoms. The fraction of sp³-hybridized carbons (Fsp3) is 0.333. The van der Waals surface area contributed by atoms with Gasteiger partial charge in [0, 0.05) is 12.5 Å². The molecule has 0 amide bonds. The maximum atomic E-state index is 12.5. The molecule has 0 heterocycles. The Hall–Kier alpha value is -0.900. The van der Waals surface area contributed by atoms with Crippen molar-refractivity contribution in [3.8, 4) is 0 Å². The van der Waals surface area contributed by atoms with Crippen molar-refractivity contribution in [2.24, 2.45) is 11.5 Å². The second kappa shape index (κ2) is 2.38. The summed E-state index contributed by atoms with van der Waals surface area (Å²) in [5.74, 6) is -1.41. The van der Waals surface area contributed by atoms with Crippen molar-refractivity contribution in [2.45, 2.75) is 12.5 Å². The Morgan fingerprint density at radius 3 is 2.60 bits per heavy atom. The van der Waals surface area contributed by atoms with Crippen LogP contribution in [0.25, 0.3) is 0 Å². The Morgan fingerprint density at radius 2 is 2.10 bits per heavy atom. The van der Waals surface area contributed by atoms with Gasteiger partial charge in [0.15, 0.2) is 0 Å². The monoisotopic (exact) mass is 146 g/mol. The fourth-order valence-electron chi connectivity index (χ4n) is 0.783. The van der Waals surface area contributed by atoms with E-state index < -0.39 is 23.4 Å². The third-order valence-corrected chi connectivity index (χ3v) is 1.32. The molecule has 56 valence electrons. The van der Waals surface area contributed by atoms with Gasteiger partial charge in [-0.1, -0.05) is 0 Å². The van der Waals surface area contributed by atoms with Crippen molar-refractivity contribution in [3.05, 3.63) is 23.4 Å². The van der Waals surface area contributed by atoms with Crippen molar-refractivity contribution in [1.82, 2.24) is 0 Å². The van der Waals surface area contributed by atoms with Crippen molar-refractivity contribution in [3.63, 3.8) is 0 Å². The first-order chi connectivity index (χ1) is 4.61. The zero-order chi connectivity index (χ0) is 7.72. The highest BCUT2D eigenvalue weighted by atomic mass is 19.1. The van der Waals surface area contributed by atoms with Gasteiger partial charge in [0.1, 0.15) is 11.7 Å². The molecule has 0 fully saturated rings. The smallest absolute Gasteiger partial charge is 0.146 e. The number of nitrogens with two attached hydrogens (primary N) is 2. The summed E-state index contributed by atoms with van der Waals surface area (Å²) in [6.45, 7) is 0. The summed E-state index contributed by atoms with van der Waals surface area (Å²) in [6, 6.07) is -0.577. The molecular weight excluding hydrogens is 138 g/mol. The van der Waals surface area contributed by atoms with Gasteiger partial charge in [-0.15, -0.1) is 0 Å². The average Bonchev–Trinajstić information content (AvgIpc) is 1.82. The summed E-state index contributed by atoms with van der Waals surface area (Å²) >= 11 is 0. The highest BCUT2D eigenvalue weighted by Crippen LogP contribution is 2.22. The normalized spacial score (nSPS) is 26.7. The summed E-state index contributed by atoms with van der Waals surface area (Å²) in [6.07, 6.45) is 1.11. The lowest BCUT2D eigenvalue weighted by atomic mass is 10.1. The number of allylic oxidation sites excluding steroid dienone is 1. The molecule has 0 radical (unpaired) electrons. The maximum absolute atomic E-state index is 12.5. The molecule has 10 heavy (non-hydrogen) atoms. The van der Waals surface area contributed by atoms with Crippen molar-refractivity contribution in [1.29, 1.82) is 0 Å². The van der Waals surface area contributed by atoms with Crippen LogP contribution in [0.4, 0.5) is 8.78 Å². The summed E-state index contributed by atoms with van der Waals surface area (Å²) in [5.41, 5.74) is 9.81. The molecule has 1 rings (SSSR count). The van der Waals surface area contributed by atoms with Crippen molar-refractivity contribution < 1.29 is 8.78 Å². The molecule has 0 aromatic carbocycles. The number of hydrogen-bond acceptors (Lipinski definition) is 2. The van der Waals surface area contributed by atoms with Crippen molar-refractivity contribution in [2.75, 3.05) is 0 Å². The van der Waals surface area contributed by atoms with E-state index in [-0.39, 0.29) is 6.42 Å². The van der Waals surface area contributed by atoms with Gasteiger partial charge in [-0.2, -0.15) is 0 Å². The van der Waals surface area contributed by atoms with E-state index >= 15 is 0 Å². The van der Waals surface area contributed by atoms with E-state index in [1.807, 2.05) is 0 Å². The largest absolute Gasteiger partial charge is 0.394 e. The molecule has 0 aromatic heterocycles. The lowest BCUT2D eigenvalue weighted by Crippen LogP contribution is -2.22. The van der Waals surface area contributed by atoms with E-state index in [1.54, 1.807) is 0 Å². The van der Waals surface area contributed by atoms with Crippen LogP contribution in [0.2, 0.25) is 0 Å². The minimum absolute atomic E-state index is 0.000741. The molecule has 0 aliphatic heterocycles. The quantitative estimate of drug-likeness (QED) is 0.528. The molecule has 4 heteroatoms. The molecule has 1 aliphatic carbocycles. The lowest BCUT2D eigenvalue weighted by Gasteiger charge is -2.12. The van der Waals surface area contributed by atoms with E-state index in [9.17, 15) is 8.78 Å². The lowest BCUT2D eigenvalue weighted by molar-refractivity contribution is 0.516. The van der Waals surface area contributed by atoms with E-state index in [4.69, 9.17) is 11.5 Å². The van der Waals surface area contributed by atoms with Crippen LogP contribution in [0.3, 0.4) is 0 Å². The van der Waals surface area contributed by atoms with Gasteiger partial charge in [0.25, 0.3) is 0 Å². The molecule has 0 aromatic rings. The number of hydrogen-bond donors (Lipinski definition) is 2. The minimum Gasteiger partial charge on any atom is -0.394 e. The molecule has 0 saturated heterocycles. The zero-order valence-electron chi connectivity index (χ0n) is 5.27. The average molecular weight is 146 g/mol. The zero-order valence-corrected chi connectivity index (χ0v) is 5.27. The highest BCUT2D eigenvalue weighted by molar-refractivity contribution is 5.30. The Morgan fingerprint density at radius 1 is 1.50 bits per heavy atom. The topological polar surface area (TPSA) is 52.0 Å². The first kappa shape index (κ1) is 7.21. The van der Waals surface area contributed by atoms with Crippen LogP contribution in [0.15, 0.2) is 23.4 Å². The van der Waals surface area contributed by atoms with Crippen LogP contribution < -0.4 is 11.5 Å². The van der Waals surface area contributed by atoms with Crippen molar-refractivity contribution >= 4 is 0 Å². The van der Waals surface area contributed by atoms with Gasteiger partial charge in [-0.3, -0.25) is 0 Å². The van der Waals surface area contributed by atoms with E-state index in [0.29, 0.717) is 0 Å². The van der Waals surface area contributed by atoms with E-state index in [0.717, 1.165) is 6.08 Å². The molecule has 1 unspecified atom stereocenters. The van der Waals surface area contributed by atoms with Crippen LogP contribution in [-0.4, -0.2) is 6.04 Å². The Bertz CT molecular complexity index is 208. The maximum Gasteiger partial charge on any atom is 0.146 e. The summed E-state index contributed by atoms with van der Waals surface area (Å²) in [7, 11) is 0. The molecule has 0 spiro atoms. The predicted octanol–water partition coefficient (Wildman–Crippen LogP) is 0.711. The Balaban J connectivity index is 2.90. The molecule has 4 N–H and O–H groups in total. The van der Waals surface area contributed by atoms with Crippen LogP contribution in [0.1, 0.15) is 6.42 Å². The van der Waals surface area contributed by atoms with Crippen LogP contribution >= 0.6 is 0 Å². The van der Waals surface area contributed by atoms with Gasteiger partial charge < -0.3 is 11.5 Å². The first-order valence-corrected chi connectivity index (χ1v) is 2.88. The number of rotatable bonds is 0. The SMILES string of the molecule is NC1=C(F)CC(N)C=C1F. The van der Waals surface area contributed by atoms with Gasteiger partial charge in [-0.05, 0) is 6.08 Å². The third kappa shape index (κ3) is 1.16. The summed E-state index contributed by atoms with van der Waals surface area (Å²) < 4.78 is 24.9. The van der Waals surface area contributed by atoms with Gasteiger partial charge in [0.05, 0.1) is 5.70 Å². The summed E-state index contributed by atoms with van der Waals surface area (Å²) in [4.78, 5) is 0. The second-order valence-electron chi connectivity index (χ2n) is 2.20. The van der Waals surface area contributed by atoms with Crippen LogP contribution in [0, 0.1) is 0 Å². The molecule has 1 atom stereocenters. The first-order valence-electron chi connectivity index (χ1n) is 2.88. The summed E-state index contributed by atoms with van der Waals surface area (Å²) in [5, 5.41) is 0. The van der Waals surface area contributed by atoms with Gasteiger partial charge in [-0.25, -0.2) is 8.78 Å². The Kier molecular flexibility index (Phi) is 1.72. The minimum atomic E-state index is -0.753. The van der Waals surface area contributed by atoms with Gasteiger partial charge in [0.2, 0.25) is 0 Å². The second-order valence-corrected chi connectivity index (χ2v) is 2.20. The van der Waals surface area contributed by atoms with E-state index in [1.165, 1.54) is 0 Å². The third-order valence-electron chi connectivity index (χ3n) is 1.32. The molecular formula is C6H8F2N2. The predicted molar refractivity (Wildman–Crippen MR) is 34.1 cm³/mol. The fourth-order valence-corrected chi connectivity index (χ4v) is 0.783. The van der Waals surface area contributed by atoms with Gasteiger partial charge >= 0.3 is 0 Å². The highest BCUT2D eigenvalue weighted by Gasteiger charge is 2.17. The molecule has 1 aliphatic rings. The van der Waals surface area contributed by atoms with E-state index in [2.05, 4.69) is 0 Å². The van der Waals surface area contributed by atoms with Crippen LogP contribution in [-0.2, 0) is 0 Å². The number of halogens is 2.